The monoisotopic (exact) mass is 230 g/mol. The minimum atomic E-state index is 1.03. The van der Waals surface area contributed by atoms with E-state index in [0.29, 0.717) is 0 Å². The number of nitrogens with zero attached hydrogens (tertiary/aromatic N) is 1. The fourth-order valence-corrected chi connectivity index (χ4v) is 2.50. The van der Waals surface area contributed by atoms with E-state index in [-0.39, 0.29) is 0 Å². The van der Waals surface area contributed by atoms with E-state index < -0.39 is 0 Å². The summed E-state index contributed by atoms with van der Waals surface area (Å²) in [6, 6.07) is 8.49. The molecule has 0 saturated heterocycles. The lowest BCUT2D eigenvalue weighted by Crippen LogP contribution is -2.17. The van der Waals surface area contributed by atoms with Crippen LogP contribution < -0.4 is 0 Å². The highest BCUT2D eigenvalue weighted by molar-refractivity contribution is 7.13. The summed E-state index contributed by atoms with van der Waals surface area (Å²) in [6.07, 6.45) is 5.59. The first-order valence-electron chi connectivity index (χ1n) is 5.60. The number of rotatable bonds is 1. The topological polar surface area (TPSA) is 19.0 Å². The molecule has 82 valence electrons. The van der Waals surface area contributed by atoms with Gasteiger partial charge in [-0.05, 0) is 18.1 Å². The number of nitrogens with one attached hydrogen (secondary N) is 1. The summed E-state index contributed by atoms with van der Waals surface area (Å²) in [5, 5.41) is 1.34. The summed E-state index contributed by atoms with van der Waals surface area (Å²) in [5.41, 5.74) is 4.07. The molecule has 0 bridgehead atoms. The van der Waals surface area contributed by atoms with Gasteiger partial charge in [-0.2, -0.15) is 0 Å². The Morgan fingerprint density at radius 1 is 1.25 bits per heavy atom. The molecule has 1 aromatic heterocycles. The van der Waals surface area contributed by atoms with Gasteiger partial charge < -0.3 is 4.98 Å². The van der Waals surface area contributed by atoms with E-state index in [1.54, 1.807) is 0 Å². The van der Waals surface area contributed by atoms with E-state index >= 15 is 0 Å². The second-order valence-electron chi connectivity index (χ2n) is 4.22. The molecule has 2 aromatic rings. The number of benzene rings is 1. The third-order valence-electron chi connectivity index (χ3n) is 3.18. The number of aromatic nitrogens is 1. The van der Waals surface area contributed by atoms with Crippen LogP contribution in [0.25, 0.3) is 16.5 Å². The van der Waals surface area contributed by atoms with E-state index in [9.17, 15) is 0 Å². The van der Waals surface area contributed by atoms with Crippen LogP contribution in [-0.4, -0.2) is 22.7 Å². The van der Waals surface area contributed by atoms with Crippen LogP contribution in [0, 0.1) is 0 Å². The minimum absolute atomic E-state index is 1.03. The Morgan fingerprint density at radius 3 is 2.94 bits per heavy atom. The molecule has 3 rings (SSSR count). The van der Waals surface area contributed by atoms with Crippen molar-refractivity contribution >= 4 is 25.9 Å². The van der Waals surface area contributed by atoms with Gasteiger partial charge in [0.25, 0.3) is 0 Å². The van der Waals surface area contributed by atoms with Gasteiger partial charge in [-0.25, -0.2) is 0 Å². The van der Waals surface area contributed by atoms with Gasteiger partial charge in [0.2, 0.25) is 0 Å². The maximum absolute atomic E-state index is 3.34. The number of hydrogen-bond acceptors (Lipinski definition) is 1. The van der Waals surface area contributed by atoms with Gasteiger partial charge >= 0.3 is 0 Å². The average molecular weight is 230 g/mol. The van der Waals surface area contributed by atoms with Gasteiger partial charge in [0.05, 0.1) is 0 Å². The van der Waals surface area contributed by atoms with Gasteiger partial charge in [-0.3, -0.25) is 4.67 Å². The Morgan fingerprint density at radius 2 is 2.12 bits per heavy atom. The highest BCUT2D eigenvalue weighted by atomic mass is 31.0. The standard InChI is InChI=1S/C13H15N2P/c16-15-7-5-10(6-8-15)12-9-14-13-4-2-1-3-11(12)13/h1-5,9,14H,6-8,16H2. The third kappa shape index (κ3) is 1.68. The second-order valence-corrected chi connectivity index (χ2v) is 4.95. The van der Waals surface area contributed by atoms with Crippen LogP contribution in [0.4, 0.5) is 0 Å². The minimum Gasteiger partial charge on any atom is -0.361 e. The lowest BCUT2D eigenvalue weighted by Gasteiger charge is -2.21. The predicted molar refractivity (Wildman–Crippen MR) is 72.2 cm³/mol. The second kappa shape index (κ2) is 4.04. The predicted octanol–water partition coefficient (Wildman–Crippen LogP) is 3.05. The summed E-state index contributed by atoms with van der Waals surface area (Å²) in [4.78, 5) is 3.34. The van der Waals surface area contributed by atoms with Crippen molar-refractivity contribution in [2.24, 2.45) is 0 Å². The Balaban J connectivity index is 2.06. The van der Waals surface area contributed by atoms with Crippen molar-refractivity contribution in [2.75, 3.05) is 13.1 Å². The number of para-hydroxylation sites is 1. The van der Waals surface area contributed by atoms with Crippen molar-refractivity contribution in [3.05, 3.63) is 42.1 Å². The summed E-state index contributed by atoms with van der Waals surface area (Å²) in [6.45, 7) is 2.15. The van der Waals surface area contributed by atoms with E-state index in [4.69, 9.17) is 0 Å². The molecule has 1 atom stereocenters. The zero-order chi connectivity index (χ0) is 11.0. The first-order valence-corrected chi connectivity index (χ1v) is 6.11. The average Bonchev–Trinajstić information content (AvgIpc) is 2.74. The number of hydrogen-bond donors (Lipinski definition) is 1. The summed E-state index contributed by atoms with van der Waals surface area (Å²) < 4.78 is 2.26. The van der Waals surface area contributed by atoms with Crippen LogP contribution in [0.5, 0.6) is 0 Å². The van der Waals surface area contributed by atoms with Crippen LogP contribution >= 0.6 is 9.39 Å². The number of fused-ring (bicyclic) bond motifs is 1. The van der Waals surface area contributed by atoms with Crippen molar-refractivity contribution in [1.29, 1.82) is 0 Å². The van der Waals surface area contributed by atoms with Crippen LogP contribution in [0.2, 0.25) is 0 Å². The van der Waals surface area contributed by atoms with Crippen LogP contribution in [-0.2, 0) is 0 Å². The summed E-state index contributed by atoms with van der Waals surface area (Å²) in [7, 11) is 2.76. The molecule has 2 heterocycles. The molecule has 1 unspecified atom stereocenters. The molecule has 0 aliphatic carbocycles. The zero-order valence-corrected chi connectivity index (χ0v) is 10.3. The fourth-order valence-electron chi connectivity index (χ4n) is 2.27. The molecule has 0 amide bonds. The maximum Gasteiger partial charge on any atom is 0.0460 e. The molecule has 1 aliphatic rings. The van der Waals surface area contributed by atoms with Gasteiger partial charge in [-0.1, -0.05) is 33.7 Å². The maximum atomic E-state index is 3.34. The molecular formula is C13H15N2P. The van der Waals surface area contributed by atoms with Gasteiger partial charge in [0.1, 0.15) is 0 Å². The molecule has 0 saturated carbocycles. The van der Waals surface area contributed by atoms with Crippen molar-refractivity contribution < 1.29 is 0 Å². The highest BCUT2D eigenvalue weighted by Gasteiger charge is 2.12. The lowest BCUT2D eigenvalue weighted by molar-refractivity contribution is 0.515. The van der Waals surface area contributed by atoms with Crippen LogP contribution in [0.3, 0.4) is 0 Å². The van der Waals surface area contributed by atoms with E-state index in [0.717, 1.165) is 19.5 Å². The summed E-state index contributed by atoms with van der Waals surface area (Å²) in [5.74, 6) is 0. The van der Waals surface area contributed by atoms with Gasteiger partial charge in [0.15, 0.2) is 0 Å². The van der Waals surface area contributed by atoms with E-state index in [1.165, 1.54) is 22.0 Å². The first-order chi connectivity index (χ1) is 7.84. The molecule has 1 aromatic carbocycles. The zero-order valence-electron chi connectivity index (χ0n) is 9.11. The first kappa shape index (κ1) is 10.1. The Bertz CT molecular complexity index is 542. The van der Waals surface area contributed by atoms with Crippen LogP contribution in [0.15, 0.2) is 36.5 Å². The van der Waals surface area contributed by atoms with E-state index in [1.807, 2.05) is 0 Å². The quantitative estimate of drug-likeness (QED) is 0.746. The number of aromatic amines is 1. The smallest absolute Gasteiger partial charge is 0.0460 e. The molecule has 1 aliphatic heterocycles. The van der Waals surface area contributed by atoms with Gasteiger partial charge in [-0.15, -0.1) is 0 Å². The fraction of sp³-hybridized carbons (Fsp3) is 0.231. The molecule has 0 fully saturated rings. The SMILES string of the molecule is PN1CC=C(c2c[nH]c3ccccc23)CC1. The normalized spacial score (nSPS) is 17.7. The summed E-state index contributed by atoms with van der Waals surface area (Å²) >= 11 is 0. The van der Waals surface area contributed by atoms with Gasteiger partial charge in [0, 0.05) is 35.8 Å². The molecule has 16 heavy (non-hydrogen) atoms. The van der Waals surface area contributed by atoms with E-state index in [2.05, 4.69) is 55.6 Å². The van der Waals surface area contributed by atoms with Crippen molar-refractivity contribution in [3.8, 4) is 0 Å². The van der Waals surface area contributed by atoms with Crippen molar-refractivity contribution in [2.45, 2.75) is 6.42 Å². The molecule has 0 radical (unpaired) electrons. The number of H-pyrrole nitrogens is 1. The lowest BCUT2D eigenvalue weighted by atomic mass is 10.00. The Hall–Kier alpha value is -1.11. The Kier molecular flexibility index (Phi) is 2.55. The molecular weight excluding hydrogens is 215 g/mol. The van der Waals surface area contributed by atoms with Crippen molar-refractivity contribution in [3.63, 3.8) is 0 Å². The highest BCUT2D eigenvalue weighted by Crippen LogP contribution is 2.29. The molecule has 2 nitrogen and oxygen atoms in total. The Labute approximate surface area is 97.6 Å². The molecule has 0 spiro atoms. The largest absolute Gasteiger partial charge is 0.361 e. The van der Waals surface area contributed by atoms with Crippen LogP contribution in [0.1, 0.15) is 12.0 Å². The third-order valence-corrected chi connectivity index (χ3v) is 3.64. The molecule has 1 N–H and O–H groups in total. The molecule has 3 heteroatoms. The van der Waals surface area contributed by atoms with Crippen molar-refractivity contribution in [1.82, 2.24) is 9.65 Å².